The lowest BCUT2D eigenvalue weighted by Gasteiger charge is -2.24. The number of hydrogen-bond acceptors (Lipinski definition) is 4. The van der Waals surface area contributed by atoms with Gasteiger partial charge in [-0.1, -0.05) is 53.7 Å². The van der Waals surface area contributed by atoms with Crippen molar-refractivity contribution in [2.45, 2.75) is 17.7 Å². The van der Waals surface area contributed by atoms with Gasteiger partial charge >= 0.3 is 0 Å². The standard InChI is InChI=1S/C19H16ClFN2O3S2/c20-14-9-13(6-7-15(14)21)23-16-10-28(25,26)11-17(16)27-19(23)22-18(24)8-12-4-2-1-3-5-12/h1-7,9,16-17H,8,10-11H2/t16-,17+/m0/s1. The maximum absolute atomic E-state index is 13.6. The quantitative estimate of drug-likeness (QED) is 0.735. The highest BCUT2D eigenvalue weighted by Crippen LogP contribution is 2.41. The number of amides is 1. The van der Waals surface area contributed by atoms with Crippen molar-refractivity contribution in [2.75, 3.05) is 16.4 Å². The SMILES string of the molecule is O=C(Cc1ccccc1)N=C1S[C@@H]2CS(=O)(=O)C[C@@H]2N1c1ccc(F)c(Cl)c1. The maximum Gasteiger partial charge on any atom is 0.252 e. The molecule has 0 unspecified atom stereocenters. The molecule has 1 amide bonds. The molecule has 2 atom stereocenters. The molecule has 0 bridgehead atoms. The number of sulfone groups is 1. The van der Waals surface area contributed by atoms with Crippen LogP contribution in [0.1, 0.15) is 5.56 Å². The lowest BCUT2D eigenvalue weighted by atomic mass is 10.1. The molecule has 146 valence electrons. The summed E-state index contributed by atoms with van der Waals surface area (Å²) in [6.45, 7) is 0. The van der Waals surface area contributed by atoms with Crippen LogP contribution in [0.2, 0.25) is 5.02 Å². The van der Waals surface area contributed by atoms with E-state index >= 15 is 0 Å². The van der Waals surface area contributed by atoms with Crippen LogP contribution in [-0.4, -0.2) is 42.3 Å². The molecule has 9 heteroatoms. The highest BCUT2D eigenvalue weighted by atomic mass is 35.5. The lowest BCUT2D eigenvalue weighted by Crippen LogP contribution is -2.37. The van der Waals surface area contributed by atoms with E-state index in [9.17, 15) is 17.6 Å². The monoisotopic (exact) mass is 438 g/mol. The Morgan fingerprint density at radius 1 is 1.21 bits per heavy atom. The van der Waals surface area contributed by atoms with Gasteiger partial charge in [-0.25, -0.2) is 12.8 Å². The topological polar surface area (TPSA) is 66.8 Å². The third-order valence-electron chi connectivity index (χ3n) is 4.67. The summed E-state index contributed by atoms with van der Waals surface area (Å²) in [4.78, 5) is 18.4. The molecular formula is C19H16ClFN2O3S2. The third kappa shape index (κ3) is 3.94. The van der Waals surface area contributed by atoms with E-state index in [1.54, 1.807) is 4.90 Å². The molecule has 28 heavy (non-hydrogen) atoms. The zero-order valence-electron chi connectivity index (χ0n) is 14.6. The minimum Gasteiger partial charge on any atom is -0.316 e. The molecule has 5 nitrogen and oxygen atoms in total. The molecule has 4 rings (SSSR count). The average molecular weight is 439 g/mol. The Morgan fingerprint density at radius 2 is 1.96 bits per heavy atom. The number of carbonyl (C=O) groups is 1. The van der Waals surface area contributed by atoms with Crippen LogP contribution in [0.5, 0.6) is 0 Å². The number of halogens is 2. The number of nitrogens with zero attached hydrogens (tertiary/aromatic N) is 2. The first-order valence-electron chi connectivity index (χ1n) is 8.59. The van der Waals surface area contributed by atoms with Crippen molar-refractivity contribution < 1.29 is 17.6 Å². The van der Waals surface area contributed by atoms with Crippen LogP contribution >= 0.6 is 23.4 Å². The number of aliphatic imine (C=N–C) groups is 1. The fourth-order valence-electron chi connectivity index (χ4n) is 3.42. The minimum absolute atomic E-state index is 0.0274. The van der Waals surface area contributed by atoms with Crippen molar-refractivity contribution in [3.05, 3.63) is 64.9 Å². The van der Waals surface area contributed by atoms with Crippen molar-refractivity contribution in [1.82, 2.24) is 0 Å². The summed E-state index contributed by atoms with van der Waals surface area (Å²) in [5.41, 5.74) is 1.37. The molecule has 2 saturated heterocycles. The second-order valence-electron chi connectivity index (χ2n) is 6.72. The molecule has 2 aromatic rings. The molecule has 0 saturated carbocycles. The van der Waals surface area contributed by atoms with E-state index in [0.717, 1.165) is 5.56 Å². The van der Waals surface area contributed by atoms with Crippen molar-refractivity contribution in [2.24, 2.45) is 4.99 Å². The van der Waals surface area contributed by atoms with Crippen LogP contribution in [0.15, 0.2) is 53.5 Å². The Bertz CT molecular complexity index is 1060. The van der Waals surface area contributed by atoms with Crippen LogP contribution in [0.3, 0.4) is 0 Å². The summed E-state index contributed by atoms with van der Waals surface area (Å²) in [6, 6.07) is 13.1. The lowest BCUT2D eigenvalue weighted by molar-refractivity contribution is -0.117. The number of carbonyl (C=O) groups excluding carboxylic acids is 1. The first-order valence-corrected chi connectivity index (χ1v) is 11.7. The Kier molecular flexibility index (Phi) is 5.20. The van der Waals surface area contributed by atoms with Gasteiger partial charge in [0.2, 0.25) is 0 Å². The van der Waals surface area contributed by atoms with Crippen molar-refractivity contribution in [3.8, 4) is 0 Å². The highest BCUT2D eigenvalue weighted by molar-refractivity contribution is 8.16. The Balaban J connectivity index is 1.67. The fraction of sp³-hybridized carbons (Fsp3) is 0.263. The smallest absolute Gasteiger partial charge is 0.252 e. The van der Waals surface area contributed by atoms with E-state index in [1.165, 1.54) is 30.0 Å². The molecule has 0 radical (unpaired) electrons. The van der Waals surface area contributed by atoms with Gasteiger partial charge < -0.3 is 4.90 Å². The summed E-state index contributed by atoms with van der Waals surface area (Å²) < 4.78 is 37.7. The van der Waals surface area contributed by atoms with Gasteiger partial charge in [-0.15, -0.1) is 0 Å². The zero-order chi connectivity index (χ0) is 19.9. The van der Waals surface area contributed by atoms with E-state index in [-0.39, 0.29) is 40.1 Å². The van der Waals surface area contributed by atoms with Gasteiger partial charge in [-0.2, -0.15) is 4.99 Å². The average Bonchev–Trinajstić information content (AvgIpc) is 3.09. The van der Waals surface area contributed by atoms with E-state index in [1.807, 2.05) is 30.3 Å². The number of fused-ring (bicyclic) bond motifs is 1. The van der Waals surface area contributed by atoms with Crippen molar-refractivity contribution in [1.29, 1.82) is 0 Å². The Morgan fingerprint density at radius 3 is 2.68 bits per heavy atom. The van der Waals surface area contributed by atoms with Crippen LogP contribution in [0, 0.1) is 5.82 Å². The molecular weight excluding hydrogens is 423 g/mol. The molecule has 2 aliphatic rings. The highest BCUT2D eigenvalue weighted by Gasteiger charge is 2.49. The molecule has 0 N–H and O–H groups in total. The number of thioether (sulfide) groups is 1. The summed E-state index contributed by atoms with van der Waals surface area (Å²) in [5.74, 6) is -0.896. The summed E-state index contributed by atoms with van der Waals surface area (Å²) in [7, 11) is -3.17. The summed E-state index contributed by atoms with van der Waals surface area (Å²) in [5, 5.41) is 0.132. The van der Waals surface area contributed by atoms with E-state index in [4.69, 9.17) is 11.6 Å². The normalized spacial score (nSPS) is 24.5. The molecule has 0 spiro atoms. The van der Waals surface area contributed by atoms with Crippen molar-refractivity contribution >= 4 is 50.0 Å². The number of benzene rings is 2. The molecule has 0 aliphatic carbocycles. The zero-order valence-corrected chi connectivity index (χ0v) is 17.0. The molecule has 2 aromatic carbocycles. The van der Waals surface area contributed by atoms with Crippen LogP contribution < -0.4 is 4.90 Å². The van der Waals surface area contributed by atoms with Gasteiger partial charge in [0.1, 0.15) is 5.82 Å². The molecule has 2 heterocycles. The van der Waals surface area contributed by atoms with Crippen LogP contribution in [0.4, 0.5) is 10.1 Å². The van der Waals surface area contributed by atoms with Crippen LogP contribution in [-0.2, 0) is 21.1 Å². The molecule has 2 fully saturated rings. The van der Waals surface area contributed by atoms with E-state index in [0.29, 0.717) is 10.9 Å². The van der Waals surface area contributed by atoms with Gasteiger partial charge in [0.15, 0.2) is 15.0 Å². The van der Waals surface area contributed by atoms with Gasteiger partial charge in [0.05, 0.1) is 29.0 Å². The second-order valence-corrected chi connectivity index (χ2v) is 10.5. The first kappa shape index (κ1) is 19.4. The van der Waals surface area contributed by atoms with Crippen LogP contribution in [0.25, 0.3) is 0 Å². The summed E-state index contributed by atoms with van der Waals surface area (Å²) in [6.07, 6.45) is 0.149. The van der Waals surface area contributed by atoms with Gasteiger partial charge in [0.25, 0.3) is 5.91 Å². The van der Waals surface area contributed by atoms with E-state index < -0.39 is 15.7 Å². The predicted octanol–water partition coefficient (Wildman–Crippen LogP) is 3.32. The fourth-order valence-corrected chi connectivity index (χ4v) is 7.52. The largest absolute Gasteiger partial charge is 0.316 e. The Labute approximate surface area is 171 Å². The van der Waals surface area contributed by atoms with Crippen molar-refractivity contribution in [3.63, 3.8) is 0 Å². The first-order chi connectivity index (χ1) is 13.3. The third-order valence-corrected chi connectivity index (χ3v) is 8.17. The maximum atomic E-state index is 13.6. The van der Waals surface area contributed by atoms with E-state index in [2.05, 4.69) is 4.99 Å². The number of amidine groups is 1. The number of hydrogen-bond donors (Lipinski definition) is 0. The molecule has 0 aromatic heterocycles. The number of rotatable bonds is 3. The summed E-state index contributed by atoms with van der Waals surface area (Å²) >= 11 is 7.19. The van der Waals surface area contributed by atoms with Gasteiger partial charge in [-0.3, -0.25) is 4.79 Å². The predicted molar refractivity (Wildman–Crippen MR) is 110 cm³/mol. The Hall–Kier alpha value is -1.90. The minimum atomic E-state index is -3.17. The molecule has 2 aliphatic heterocycles. The number of anilines is 1. The van der Waals surface area contributed by atoms with Gasteiger partial charge in [-0.05, 0) is 23.8 Å². The second kappa shape index (κ2) is 7.50. The van der Waals surface area contributed by atoms with Gasteiger partial charge in [0, 0.05) is 10.9 Å².